The third kappa shape index (κ3) is 9.15. The fourth-order valence-corrected chi connectivity index (χ4v) is 1.41. The van der Waals surface area contributed by atoms with E-state index < -0.39 is 16.3 Å². The summed E-state index contributed by atoms with van der Waals surface area (Å²) < 4.78 is 9.97. The minimum atomic E-state index is -0.624. The minimum Gasteiger partial charge on any atom is -0.462 e. The summed E-state index contributed by atoms with van der Waals surface area (Å²) in [5.41, 5.74) is -0.472. The molecule has 0 aliphatic rings. The van der Waals surface area contributed by atoms with E-state index >= 15 is 0 Å². The van der Waals surface area contributed by atoms with Crippen LogP contribution in [0.4, 0.5) is 5.69 Å². The molecule has 0 bridgehead atoms. The van der Waals surface area contributed by atoms with Crippen LogP contribution in [-0.2, 0) is 14.3 Å². The molecular formula is C19H35NO6. The zero-order valence-electron chi connectivity index (χ0n) is 12.8. The number of benzene rings is 1. The Morgan fingerprint density at radius 2 is 1.46 bits per heavy atom. The number of ether oxygens (including phenoxy) is 2. The van der Waals surface area contributed by atoms with Crippen molar-refractivity contribution >= 4 is 17.6 Å². The fourth-order valence-electron chi connectivity index (χ4n) is 1.41. The van der Waals surface area contributed by atoms with Gasteiger partial charge >= 0.3 is 11.9 Å². The van der Waals surface area contributed by atoms with Crippen LogP contribution in [0.25, 0.3) is 0 Å². The quantitative estimate of drug-likeness (QED) is 0.279. The van der Waals surface area contributed by atoms with E-state index in [0.717, 1.165) is 0 Å². The highest BCUT2D eigenvalue weighted by molar-refractivity contribution is 5.89. The van der Waals surface area contributed by atoms with Crippen molar-refractivity contribution in [3.63, 3.8) is 0 Å². The minimum absolute atomic E-state index is 0. The van der Waals surface area contributed by atoms with Crippen molar-refractivity contribution < 1.29 is 24.0 Å². The molecule has 1 aromatic carbocycles. The summed E-state index contributed by atoms with van der Waals surface area (Å²) in [5, 5.41) is 10.5. The van der Waals surface area contributed by atoms with Crippen molar-refractivity contribution in [3.8, 4) is 0 Å². The first-order chi connectivity index (χ1) is 10.3. The van der Waals surface area contributed by atoms with Gasteiger partial charge in [-0.1, -0.05) is 36.6 Å². The van der Waals surface area contributed by atoms with Gasteiger partial charge in [0.25, 0.3) is 5.69 Å². The van der Waals surface area contributed by atoms with Crippen molar-refractivity contribution in [1.29, 1.82) is 0 Å². The van der Waals surface area contributed by atoms with E-state index in [1.54, 1.807) is 13.8 Å². The van der Waals surface area contributed by atoms with Crippen molar-refractivity contribution in [1.82, 2.24) is 0 Å². The van der Waals surface area contributed by atoms with Crippen molar-refractivity contribution in [3.05, 3.63) is 39.9 Å². The van der Waals surface area contributed by atoms with E-state index in [1.165, 1.54) is 24.3 Å². The number of hydrogen-bond acceptors (Lipinski definition) is 6. The molecular weight excluding hydrogens is 338 g/mol. The average Bonchev–Trinajstić information content (AvgIpc) is 2.51. The predicted octanol–water partition coefficient (Wildman–Crippen LogP) is 5.28. The Bertz CT molecular complexity index is 552. The van der Waals surface area contributed by atoms with Crippen molar-refractivity contribution in [2.45, 2.75) is 56.9 Å². The number of esters is 2. The van der Waals surface area contributed by atoms with E-state index in [9.17, 15) is 19.7 Å². The lowest BCUT2D eigenvalue weighted by Crippen LogP contribution is -2.27. The van der Waals surface area contributed by atoms with Crippen LogP contribution < -0.4 is 0 Å². The summed E-state index contributed by atoms with van der Waals surface area (Å²) in [4.78, 5) is 33.3. The largest absolute Gasteiger partial charge is 0.462 e. The number of rotatable bonds is 7. The van der Waals surface area contributed by atoms with Gasteiger partial charge in [0.1, 0.15) is 13.2 Å². The lowest BCUT2D eigenvalue weighted by atomic mass is 9.91. The van der Waals surface area contributed by atoms with Crippen LogP contribution in [0.1, 0.15) is 67.3 Å². The van der Waals surface area contributed by atoms with Crippen LogP contribution >= 0.6 is 0 Å². The molecule has 0 aliphatic carbocycles. The summed E-state index contributed by atoms with van der Waals surface area (Å²) in [6.45, 7) is 5.34. The molecule has 0 N–H and O–H groups in total. The molecule has 26 heavy (non-hydrogen) atoms. The second kappa shape index (κ2) is 13.8. The molecule has 0 amide bonds. The second-order valence-corrected chi connectivity index (χ2v) is 5.31. The summed E-state index contributed by atoms with van der Waals surface area (Å²) >= 11 is 0. The molecule has 0 saturated heterocycles. The zero-order valence-corrected chi connectivity index (χ0v) is 12.8. The Kier molecular flexibility index (Phi) is 16.6. The molecule has 0 atom stereocenters. The molecule has 0 radical (unpaired) electrons. The Balaban J connectivity index is -0.000000605. The van der Waals surface area contributed by atoms with E-state index in [4.69, 9.17) is 9.47 Å². The Morgan fingerprint density at radius 1 is 1.00 bits per heavy atom. The van der Waals surface area contributed by atoms with Gasteiger partial charge in [-0.05, 0) is 32.4 Å². The molecule has 0 fully saturated rings. The van der Waals surface area contributed by atoms with Gasteiger partial charge in [-0.15, -0.1) is 0 Å². The maximum atomic E-state index is 11.7. The molecule has 0 heterocycles. The van der Waals surface area contributed by atoms with Crippen LogP contribution in [0.2, 0.25) is 0 Å². The molecule has 0 unspecified atom stereocenters. The normalized spacial score (nSPS) is 9.19. The lowest BCUT2D eigenvalue weighted by Gasteiger charge is -2.20. The van der Waals surface area contributed by atoms with Gasteiger partial charge < -0.3 is 9.47 Å². The van der Waals surface area contributed by atoms with Gasteiger partial charge in [0.15, 0.2) is 0 Å². The fraction of sp³-hybridized carbons (Fsp3) is 0.579. The summed E-state index contributed by atoms with van der Waals surface area (Å²) in [7, 11) is 0. The molecule has 0 saturated carbocycles. The summed E-state index contributed by atoms with van der Waals surface area (Å²) in [6, 6.07) is 5.07. The smallest absolute Gasteiger partial charge is 0.338 e. The number of carbonyl (C=O) groups is 2. The highest BCUT2D eigenvalue weighted by Gasteiger charge is 2.26. The third-order valence-electron chi connectivity index (χ3n) is 3.30. The highest BCUT2D eigenvalue weighted by atomic mass is 16.6. The molecule has 0 aliphatic heterocycles. The number of nitrogens with zero attached hydrogens (tertiary/aromatic N) is 1. The predicted molar refractivity (Wildman–Crippen MR) is 105 cm³/mol. The van der Waals surface area contributed by atoms with Gasteiger partial charge in [-0.3, -0.25) is 14.9 Å². The van der Waals surface area contributed by atoms with Gasteiger partial charge in [-0.2, -0.15) is 0 Å². The van der Waals surface area contributed by atoms with E-state index in [0.29, 0.717) is 6.42 Å². The van der Waals surface area contributed by atoms with E-state index in [2.05, 4.69) is 0 Å². The molecule has 7 heteroatoms. The van der Waals surface area contributed by atoms with E-state index in [-0.39, 0.29) is 60.1 Å². The molecule has 7 nitrogen and oxygen atoms in total. The monoisotopic (exact) mass is 373 g/mol. The second-order valence-electron chi connectivity index (χ2n) is 5.31. The Labute approximate surface area is 157 Å². The number of nitro groups is 1. The highest BCUT2D eigenvalue weighted by Crippen LogP contribution is 2.21. The maximum Gasteiger partial charge on any atom is 0.338 e. The van der Waals surface area contributed by atoms with Gasteiger partial charge in [0, 0.05) is 12.1 Å². The SMILES string of the molecule is C.C.C.C.CCC(C)(C)C(=O)OCCOC(=O)c1ccc([N+](=O)[O-])cc1. The Hall–Kier alpha value is -2.44. The van der Waals surface area contributed by atoms with Crippen LogP contribution in [0.5, 0.6) is 0 Å². The zero-order chi connectivity index (χ0) is 16.8. The standard InChI is InChI=1S/C15H19NO6.4CH4/c1-4-15(2,3)14(18)22-10-9-21-13(17)11-5-7-12(8-6-11)16(19)20;;;;/h5-8H,4,9-10H2,1-3H3;4*1H4. The molecule has 0 aromatic heterocycles. The summed E-state index contributed by atoms with van der Waals surface area (Å²) in [6.07, 6.45) is 0.647. The molecule has 152 valence electrons. The summed E-state index contributed by atoms with van der Waals surface area (Å²) in [5.74, 6) is -0.970. The third-order valence-corrected chi connectivity index (χ3v) is 3.30. The van der Waals surface area contributed by atoms with Crippen LogP contribution in [0.15, 0.2) is 24.3 Å². The van der Waals surface area contributed by atoms with Gasteiger partial charge in [-0.25, -0.2) is 4.79 Å². The van der Waals surface area contributed by atoms with Crippen LogP contribution in [0, 0.1) is 15.5 Å². The molecule has 1 rings (SSSR count). The van der Waals surface area contributed by atoms with Gasteiger partial charge in [0.05, 0.1) is 15.9 Å². The average molecular weight is 373 g/mol. The number of hydrogen-bond donors (Lipinski definition) is 0. The molecule has 1 aromatic rings. The van der Waals surface area contributed by atoms with Gasteiger partial charge in [0.2, 0.25) is 0 Å². The number of nitro benzene ring substituents is 1. The van der Waals surface area contributed by atoms with E-state index in [1.807, 2.05) is 6.92 Å². The van der Waals surface area contributed by atoms with Crippen LogP contribution in [-0.4, -0.2) is 30.1 Å². The number of non-ortho nitro benzene ring substituents is 1. The first kappa shape index (κ1) is 31.3. The maximum absolute atomic E-state index is 11.7. The van der Waals surface area contributed by atoms with Crippen molar-refractivity contribution in [2.75, 3.05) is 13.2 Å². The lowest BCUT2D eigenvalue weighted by molar-refractivity contribution is -0.384. The first-order valence-corrected chi connectivity index (χ1v) is 6.86. The topological polar surface area (TPSA) is 95.7 Å². The number of carbonyl (C=O) groups excluding carboxylic acids is 2. The Morgan fingerprint density at radius 3 is 1.88 bits per heavy atom. The first-order valence-electron chi connectivity index (χ1n) is 6.86. The van der Waals surface area contributed by atoms with Crippen LogP contribution in [0.3, 0.4) is 0 Å². The molecule has 0 spiro atoms. The van der Waals surface area contributed by atoms with Crippen molar-refractivity contribution in [2.24, 2.45) is 5.41 Å².